The van der Waals surface area contributed by atoms with Crippen molar-refractivity contribution in [1.82, 2.24) is 10.6 Å². The van der Waals surface area contributed by atoms with Crippen LogP contribution in [0.3, 0.4) is 0 Å². The quantitative estimate of drug-likeness (QED) is 0.677. The van der Waals surface area contributed by atoms with E-state index in [2.05, 4.69) is 24.1 Å². The van der Waals surface area contributed by atoms with Crippen LogP contribution < -0.4 is 15.4 Å². The zero-order valence-corrected chi connectivity index (χ0v) is 12.3. The number of carbonyl (C=O) groups is 1. The molecule has 2 N–H and O–H groups in total. The second kappa shape index (κ2) is 9.15. The van der Waals surface area contributed by atoms with Crippen molar-refractivity contribution < 1.29 is 9.53 Å². The molecule has 1 rings (SSSR count). The Morgan fingerprint density at radius 3 is 2.70 bits per heavy atom. The first-order valence-corrected chi connectivity index (χ1v) is 6.92. The number of rotatable bonds is 9. The highest BCUT2D eigenvalue weighted by Crippen LogP contribution is 2.13. The van der Waals surface area contributed by atoms with Crippen LogP contribution in [0.5, 0.6) is 5.75 Å². The molecule has 0 spiro atoms. The first-order chi connectivity index (χ1) is 9.65. The zero-order valence-electron chi connectivity index (χ0n) is 12.3. The molecule has 4 nitrogen and oxygen atoms in total. The lowest BCUT2D eigenvalue weighted by Gasteiger charge is -2.10. The van der Waals surface area contributed by atoms with Gasteiger partial charge in [-0.05, 0) is 44.5 Å². The molecule has 0 bridgehead atoms. The molecule has 0 saturated heterocycles. The summed E-state index contributed by atoms with van der Waals surface area (Å²) < 4.78 is 5.41. The largest absolute Gasteiger partial charge is 0.484 e. The molecule has 1 aromatic carbocycles. The Hall–Kier alpha value is -1.81. The van der Waals surface area contributed by atoms with Gasteiger partial charge in [0.15, 0.2) is 6.61 Å². The fourth-order valence-corrected chi connectivity index (χ4v) is 1.67. The summed E-state index contributed by atoms with van der Waals surface area (Å²) in [5.41, 5.74) is 1.27. The zero-order chi connectivity index (χ0) is 14.8. The number of nitrogens with one attached hydrogen (secondary N) is 2. The summed E-state index contributed by atoms with van der Waals surface area (Å²) in [6, 6.07) is 8.40. The predicted molar refractivity (Wildman–Crippen MR) is 82.0 cm³/mol. The number of aryl methyl sites for hydroxylation is 1. The third-order valence-corrected chi connectivity index (χ3v) is 3.10. The summed E-state index contributed by atoms with van der Waals surface area (Å²) >= 11 is 0. The highest BCUT2D eigenvalue weighted by atomic mass is 16.5. The predicted octanol–water partition coefficient (Wildman–Crippen LogP) is 1.91. The van der Waals surface area contributed by atoms with Crippen LogP contribution in [0, 0.1) is 0 Å². The highest BCUT2D eigenvalue weighted by molar-refractivity contribution is 5.77. The molecular formula is C16H24N2O2. The molecule has 0 aromatic heterocycles. The molecule has 0 aliphatic heterocycles. The van der Waals surface area contributed by atoms with Gasteiger partial charge in [0, 0.05) is 12.6 Å². The summed E-state index contributed by atoms with van der Waals surface area (Å²) in [6.45, 7) is 6.20. The maximum Gasteiger partial charge on any atom is 0.258 e. The van der Waals surface area contributed by atoms with Crippen LogP contribution in [-0.4, -0.2) is 32.1 Å². The van der Waals surface area contributed by atoms with E-state index in [4.69, 9.17) is 4.74 Å². The Morgan fingerprint density at radius 1 is 1.40 bits per heavy atom. The second-order valence-corrected chi connectivity index (χ2v) is 4.75. The minimum absolute atomic E-state index is 0.0317. The van der Waals surface area contributed by atoms with Gasteiger partial charge < -0.3 is 15.4 Å². The van der Waals surface area contributed by atoms with Gasteiger partial charge >= 0.3 is 0 Å². The third kappa shape index (κ3) is 6.38. The smallest absolute Gasteiger partial charge is 0.258 e. The molecule has 0 saturated carbocycles. The maximum atomic E-state index is 11.4. The molecule has 0 radical (unpaired) electrons. The lowest BCUT2D eigenvalue weighted by atomic mass is 10.1. The molecule has 0 aliphatic carbocycles. The van der Waals surface area contributed by atoms with E-state index in [-0.39, 0.29) is 12.5 Å². The van der Waals surface area contributed by atoms with Crippen molar-refractivity contribution >= 4 is 5.91 Å². The number of hydrogen-bond acceptors (Lipinski definition) is 3. The summed E-state index contributed by atoms with van der Waals surface area (Å²) in [6.07, 6.45) is 3.77. The Kier molecular flexibility index (Phi) is 7.43. The maximum absolute atomic E-state index is 11.4. The van der Waals surface area contributed by atoms with Gasteiger partial charge in [0.2, 0.25) is 0 Å². The number of carbonyl (C=O) groups excluding carboxylic acids is 1. The van der Waals surface area contributed by atoms with Crippen LogP contribution in [0.25, 0.3) is 0 Å². The highest BCUT2D eigenvalue weighted by Gasteiger charge is 2.02. The Balaban J connectivity index is 2.34. The fourth-order valence-electron chi connectivity index (χ4n) is 1.67. The van der Waals surface area contributed by atoms with E-state index in [1.807, 2.05) is 31.3 Å². The molecule has 0 heterocycles. The Morgan fingerprint density at radius 2 is 2.10 bits per heavy atom. The molecule has 1 amide bonds. The van der Waals surface area contributed by atoms with Crippen LogP contribution in [0.2, 0.25) is 0 Å². The van der Waals surface area contributed by atoms with E-state index < -0.39 is 0 Å². The average molecular weight is 276 g/mol. The molecule has 1 unspecified atom stereocenters. The Bertz CT molecular complexity index is 415. The summed E-state index contributed by atoms with van der Waals surface area (Å²) in [5.74, 6) is 0.570. The Labute approximate surface area is 121 Å². The van der Waals surface area contributed by atoms with Crippen molar-refractivity contribution in [3.63, 3.8) is 0 Å². The van der Waals surface area contributed by atoms with Gasteiger partial charge in [-0.1, -0.05) is 18.2 Å². The fraction of sp³-hybridized carbons (Fsp3) is 0.438. The van der Waals surface area contributed by atoms with Crippen molar-refractivity contribution in [3.8, 4) is 5.75 Å². The van der Waals surface area contributed by atoms with Crippen LogP contribution in [0.15, 0.2) is 36.9 Å². The first kappa shape index (κ1) is 16.2. The number of benzene rings is 1. The average Bonchev–Trinajstić information content (AvgIpc) is 2.49. The van der Waals surface area contributed by atoms with Gasteiger partial charge in [0.1, 0.15) is 5.75 Å². The SMILES string of the molecule is C=CCNC(=O)COc1ccc(CCC(C)NC)cc1. The van der Waals surface area contributed by atoms with Gasteiger partial charge in [0.25, 0.3) is 5.91 Å². The summed E-state index contributed by atoms with van der Waals surface area (Å²) in [5, 5.41) is 5.88. The van der Waals surface area contributed by atoms with Gasteiger partial charge in [-0.15, -0.1) is 6.58 Å². The minimum atomic E-state index is -0.142. The lowest BCUT2D eigenvalue weighted by Crippen LogP contribution is -2.28. The van der Waals surface area contributed by atoms with Gasteiger partial charge in [0.05, 0.1) is 0 Å². The third-order valence-electron chi connectivity index (χ3n) is 3.10. The van der Waals surface area contributed by atoms with Gasteiger partial charge in [-0.3, -0.25) is 4.79 Å². The minimum Gasteiger partial charge on any atom is -0.484 e. The van der Waals surface area contributed by atoms with E-state index >= 15 is 0 Å². The van der Waals surface area contributed by atoms with E-state index in [9.17, 15) is 4.79 Å². The molecule has 1 aromatic rings. The number of hydrogen-bond donors (Lipinski definition) is 2. The van der Waals surface area contributed by atoms with Crippen LogP contribution in [0.1, 0.15) is 18.9 Å². The molecule has 0 aliphatic rings. The van der Waals surface area contributed by atoms with Crippen LogP contribution >= 0.6 is 0 Å². The van der Waals surface area contributed by atoms with E-state index in [1.165, 1.54) is 5.56 Å². The topological polar surface area (TPSA) is 50.4 Å². The van der Waals surface area contributed by atoms with Gasteiger partial charge in [-0.2, -0.15) is 0 Å². The number of ether oxygens (including phenoxy) is 1. The standard InChI is InChI=1S/C16H24N2O2/c1-4-11-18-16(19)12-20-15-9-7-14(8-10-15)6-5-13(2)17-3/h4,7-10,13,17H,1,5-6,11-12H2,2-3H3,(H,18,19). The van der Waals surface area contributed by atoms with Crippen molar-refractivity contribution in [3.05, 3.63) is 42.5 Å². The van der Waals surface area contributed by atoms with Crippen molar-refractivity contribution in [2.24, 2.45) is 0 Å². The molecule has 0 fully saturated rings. The molecule has 4 heteroatoms. The van der Waals surface area contributed by atoms with Crippen LogP contribution in [0.4, 0.5) is 0 Å². The van der Waals surface area contributed by atoms with Crippen LogP contribution in [-0.2, 0) is 11.2 Å². The molecule has 110 valence electrons. The van der Waals surface area contributed by atoms with E-state index in [0.717, 1.165) is 12.8 Å². The number of amides is 1. The summed E-state index contributed by atoms with van der Waals surface area (Å²) in [7, 11) is 1.97. The van der Waals surface area contributed by atoms with Gasteiger partial charge in [-0.25, -0.2) is 0 Å². The first-order valence-electron chi connectivity index (χ1n) is 6.92. The monoisotopic (exact) mass is 276 g/mol. The second-order valence-electron chi connectivity index (χ2n) is 4.75. The normalized spacial score (nSPS) is 11.7. The van der Waals surface area contributed by atoms with E-state index in [1.54, 1.807) is 6.08 Å². The van der Waals surface area contributed by atoms with Crippen molar-refractivity contribution in [1.29, 1.82) is 0 Å². The van der Waals surface area contributed by atoms with E-state index in [0.29, 0.717) is 18.3 Å². The van der Waals surface area contributed by atoms with Crippen molar-refractivity contribution in [2.45, 2.75) is 25.8 Å². The molecule has 1 atom stereocenters. The van der Waals surface area contributed by atoms with Crippen molar-refractivity contribution in [2.75, 3.05) is 20.2 Å². The molecule has 20 heavy (non-hydrogen) atoms. The summed E-state index contributed by atoms with van der Waals surface area (Å²) in [4.78, 5) is 11.4. The molecular weight excluding hydrogens is 252 g/mol. The lowest BCUT2D eigenvalue weighted by molar-refractivity contribution is -0.122.